The second-order valence-electron chi connectivity index (χ2n) is 4.32. The Bertz CT molecular complexity index is 671. The van der Waals surface area contributed by atoms with Gasteiger partial charge in [0.05, 0.1) is 32.5 Å². The second-order valence-corrected chi connectivity index (χ2v) is 4.32. The third-order valence-electron chi connectivity index (χ3n) is 2.98. The Morgan fingerprint density at radius 2 is 1.86 bits per heavy atom. The molecule has 1 heterocycles. The molecule has 6 heteroatoms. The molecule has 0 bridgehead atoms. The van der Waals surface area contributed by atoms with Crippen LogP contribution in [0.2, 0.25) is 0 Å². The standard InChI is InChI=1S/C15H16N2O4/c1-9-5-6-10(11(7-9)14(18)20-3)12-8-16-15(21-4)17-13(12)19-2/h5-8H,1-4H3. The number of benzene rings is 1. The fraction of sp³-hybridized carbons (Fsp3) is 0.267. The largest absolute Gasteiger partial charge is 0.480 e. The van der Waals surface area contributed by atoms with Crippen LogP contribution < -0.4 is 9.47 Å². The topological polar surface area (TPSA) is 70.5 Å². The van der Waals surface area contributed by atoms with Gasteiger partial charge < -0.3 is 14.2 Å². The molecular weight excluding hydrogens is 272 g/mol. The first kappa shape index (κ1) is 14.8. The number of hydrogen-bond acceptors (Lipinski definition) is 6. The third kappa shape index (κ3) is 2.94. The summed E-state index contributed by atoms with van der Waals surface area (Å²) in [7, 11) is 4.31. The lowest BCUT2D eigenvalue weighted by atomic mass is 9.99. The van der Waals surface area contributed by atoms with Crippen LogP contribution in [0.15, 0.2) is 24.4 Å². The summed E-state index contributed by atoms with van der Waals surface area (Å²) in [5.74, 6) is -0.0950. The summed E-state index contributed by atoms with van der Waals surface area (Å²) in [4.78, 5) is 20.1. The molecule has 1 aromatic heterocycles. The second kappa shape index (κ2) is 6.21. The maximum Gasteiger partial charge on any atom is 0.338 e. The van der Waals surface area contributed by atoms with Gasteiger partial charge in [-0.15, -0.1) is 0 Å². The molecule has 2 aromatic rings. The van der Waals surface area contributed by atoms with Crippen LogP contribution in [0.1, 0.15) is 15.9 Å². The van der Waals surface area contributed by atoms with E-state index in [4.69, 9.17) is 14.2 Å². The Kier molecular flexibility index (Phi) is 4.37. The highest BCUT2D eigenvalue weighted by Crippen LogP contribution is 2.32. The van der Waals surface area contributed by atoms with Gasteiger partial charge in [0, 0.05) is 11.8 Å². The van der Waals surface area contributed by atoms with E-state index in [2.05, 4.69) is 9.97 Å². The number of methoxy groups -OCH3 is 3. The van der Waals surface area contributed by atoms with Gasteiger partial charge in [-0.25, -0.2) is 9.78 Å². The maximum absolute atomic E-state index is 12.0. The monoisotopic (exact) mass is 288 g/mol. The van der Waals surface area contributed by atoms with E-state index in [9.17, 15) is 4.79 Å². The van der Waals surface area contributed by atoms with Gasteiger partial charge in [-0.05, 0) is 13.0 Å². The molecule has 0 aliphatic heterocycles. The fourth-order valence-corrected chi connectivity index (χ4v) is 1.96. The quantitative estimate of drug-likeness (QED) is 0.804. The molecule has 21 heavy (non-hydrogen) atoms. The zero-order valence-electron chi connectivity index (χ0n) is 12.3. The molecule has 2 rings (SSSR count). The minimum atomic E-state index is -0.424. The van der Waals surface area contributed by atoms with E-state index in [-0.39, 0.29) is 6.01 Å². The summed E-state index contributed by atoms with van der Waals surface area (Å²) in [6.07, 6.45) is 1.56. The first-order valence-electron chi connectivity index (χ1n) is 6.25. The van der Waals surface area contributed by atoms with Crippen LogP contribution in [0.5, 0.6) is 11.9 Å². The molecule has 0 saturated heterocycles. The smallest absolute Gasteiger partial charge is 0.338 e. The van der Waals surface area contributed by atoms with Crippen LogP contribution in [-0.4, -0.2) is 37.3 Å². The Hall–Kier alpha value is -2.63. The number of ether oxygens (including phenoxy) is 3. The number of carbonyl (C=O) groups is 1. The Morgan fingerprint density at radius 1 is 1.10 bits per heavy atom. The highest BCUT2D eigenvalue weighted by Gasteiger charge is 2.18. The van der Waals surface area contributed by atoms with Gasteiger partial charge in [-0.3, -0.25) is 0 Å². The lowest BCUT2D eigenvalue weighted by molar-refractivity contribution is 0.0601. The number of carbonyl (C=O) groups excluding carboxylic acids is 1. The minimum Gasteiger partial charge on any atom is -0.480 e. The van der Waals surface area contributed by atoms with E-state index in [0.717, 1.165) is 5.56 Å². The number of nitrogens with zero attached hydrogens (tertiary/aromatic N) is 2. The highest BCUT2D eigenvalue weighted by atomic mass is 16.5. The van der Waals surface area contributed by atoms with Gasteiger partial charge in [-0.1, -0.05) is 17.7 Å². The van der Waals surface area contributed by atoms with Crippen LogP contribution in [0.3, 0.4) is 0 Å². The van der Waals surface area contributed by atoms with Gasteiger partial charge in [0.25, 0.3) is 0 Å². The molecule has 6 nitrogen and oxygen atoms in total. The zero-order valence-corrected chi connectivity index (χ0v) is 12.3. The fourth-order valence-electron chi connectivity index (χ4n) is 1.96. The molecule has 0 aliphatic carbocycles. The van der Waals surface area contributed by atoms with Crippen molar-refractivity contribution in [3.05, 3.63) is 35.5 Å². The molecule has 0 unspecified atom stereocenters. The van der Waals surface area contributed by atoms with Crippen molar-refractivity contribution in [3.63, 3.8) is 0 Å². The van der Waals surface area contributed by atoms with Gasteiger partial charge in [0.2, 0.25) is 5.88 Å². The molecule has 0 spiro atoms. The molecule has 0 fully saturated rings. The number of hydrogen-bond donors (Lipinski definition) is 0. The normalized spacial score (nSPS) is 10.1. The molecule has 0 saturated carbocycles. The molecular formula is C15H16N2O4. The molecule has 0 atom stereocenters. The van der Waals surface area contributed by atoms with Crippen molar-refractivity contribution < 1.29 is 19.0 Å². The van der Waals surface area contributed by atoms with E-state index in [0.29, 0.717) is 22.6 Å². The van der Waals surface area contributed by atoms with Crippen LogP contribution in [-0.2, 0) is 4.74 Å². The average Bonchev–Trinajstić information content (AvgIpc) is 2.53. The van der Waals surface area contributed by atoms with Crippen molar-refractivity contribution in [2.24, 2.45) is 0 Å². The SMILES string of the molecule is COC(=O)c1cc(C)ccc1-c1cnc(OC)nc1OC. The number of aryl methyl sites for hydroxylation is 1. The van der Waals surface area contributed by atoms with E-state index >= 15 is 0 Å². The highest BCUT2D eigenvalue weighted by molar-refractivity contribution is 5.98. The number of rotatable bonds is 4. The van der Waals surface area contributed by atoms with Gasteiger partial charge in [0.1, 0.15) is 0 Å². The van der Waals surface area contributed by atoms with Crippen LogP contribution in [0.4, 0.5) is 0 Å². The van der Waals surface area contributed by atoms with E-state index in [1.54, 1.807) is 12.3 Å². The van der Waals surface area contributed by atoms with Crippen LogP contribution >= 0.6 is 0 Å². The van der Waals surface area contributed by atoms with Gasteiger partial charge in [0.15, 0.2) is 0 Å². The molecule has 110 valence electrons. The van der Waals surface area contributed by atoms with E-state index < -0.39 is 5.97 Å². The average molecular weight is 288 g/mol. The van der Waals surface area contributed by atoms with Crippen molar-refractivity contribution in [1.82, 2.24) is 9.97 Å². The number of esters is 1. The molecule has 0 N–H and O–H groups in total. The van der Waals surface area contributed by atoms with Crippen LogP contribution in [0, 0.1) is 6.92 Å². The van der Waals surface area contributed by atoms with Crippen molar-refractivity contribution in [2.75, 3.05) is 21.3 Å². The predicted molar refractivity (Wildman–Crippen MR) is 76.6 cm³/mol. The summed E-state index contributed by atoms with van der Waals surface area (Å²) in [6, 6.07) is 5.66. The third-order valence-corrected chi connectivity index (χ3v) is 2.98. The summed E-state index contributed by atoms with van der Waals surface area (Å²) < 4.78 is 15.1. The Morgan fingerprint density at radius 3 is 2.48 bits per heavy atom. The first-order valence-corrected chi connectivity index (χ1v) is 6.25. The lowest BCUT2D eigenvalue weighted by Gasteiger charge is -2.12. The summed E-state index contributed by atoms with van der Waals surface area (Å²) in [6.45, 7) is 1.90. The predicted octanol–water partition coefficient (Wildman–Crippen LogP) is 2.26. The van der Waals surface area contributed by atoms with E-state index in [1.807, 2.05) is 19.1 Å². The summed E-state index contributed by atoms with van der Waals surface area (Å²) in [5, 5.41) is 0. The molecule has 0 amide bonds. The first-order chi connectivity index (χ1) is 10.1. The van der Waals surface area contributed by atoms with Crippen molar-refractivity contribution in [1.29, 1.82) is 0 Å². The molecule has 0 radical (unpaired) electrons. The van der Waals surface area contributed by atoms with Crippen molar-refractivity contribution in [3.8, 4) is 23.0 Å². The Labute approximate surface area is 122 Å². The van der Waals surface area contributed by atoms with Crippen LogP contribution in [0.25, 0.3) is 11.1 Å². The van der Waals surface area contributed by atoms with Gasteiger partial charge >= 0.3 is 12.0 Å². The molecule has 1 aromatic carbocycles. The minimum absolute atomic E-state index is 0.197. The Balaban J connectivity index is 2.64. The van der Waals surface area contributed by atoms with Crippen molar-refractivity contribution in [2.45, 2.75) is 6.92 Å². The number of aromatic nitrogens is 2. The van der Waals surface area contributed by atoms with E-state index in [1.165, 1.54) is 21.3 Å². The summed E-state index contributed by atoms with van der Waals surface area (Å²) >= 11 is 0. The molecule has 0 aliphatic rings. The zero-order chi connectivity index (χ0) is 15.4. The van der Waals surface area contributed by atoms with Crippen molar-refractivity contribution >= 4 is 5.97 Å². The maximum atomic E-state index is 12.0. The summed E-state index contributed by atoms with van der Waals surface area (Å²) in [5.41, 5.74) is 2.63. The van der Waals surface area contributed by atoms with Gasteiger partial charge in [-0.2, -0.15) is 4.98 Å². The lowest BCUT2D eigenvalue weighted by Crippen LogP contribution is -2.05.